The van der Waals surface area contributed by atoms with Gasteiger partial charge < -0.3 is 9.84 Å². The van der Waals surface area contributed by atoms with Crippen molar-refractivity contribution in [1.29, 1.82) is 0 Å². The molecule has 2 bridgehead atoms. The average Bonchev–Trinajstić information content (AvgIpc) is 2.76. The molecule has 0 aromatic carbocycles. The van der Waals surface area contributed by atoms with E-state index in [9.17, 15) is 5.11 Å². The van der Waals surface area contributed by atoms with Crippen molar-refractivity contribution in [1.82, 2.24) is 0 Å². The molecule has 3 rings (SSSR count). The highest BCUT2D eigenvalue weighted by molar-refractivity contribution is 5.16. The maximum Gasteiger partial charge on any atom is 0.0900 e. The van der Waals surface area contributed by atoms with Gasteiger partial charge in [0, 0.05) is 5.92 Å². The van der Waals surface area contributed by atoms with Crippen molar-refractivity contribution >= 4 is 0 Å². The Morgan fingerprint density at radius 1 is 1.46 bits per heavy atom. The minimum Gasteiger partial charge on any atom is -0.389 e. The summed E-state index contributed by atoms with van der Waals surface area (Å²) < 4.78 is 5.56. The van der Waals surface area contributed by atoms with E-state index in [1.807, 2.05) is 0 Å². The molecule has 0 aromatic rings. The van der Waals surface area contributed by atoms with E-state index in [1.165, 1.54) is 12.8 Å². The Morgan fingerprint density at radius 3 is 2.92 bits per heavy atom. The van der Waals surface area contributed by atoms with Crippen molar-refractivity contribution in [3.05, 3.63) is 0 Å². The van der Waals surface area contributed by atoms with E-state index < -0.39 is 0 Å². The van der Waals surface area contributed by atoms with E-state index in [-0.39, 0.29) is 5.60 Å². The summed E-state index contributed by atoms with van der Waals surface area (Å²) in [5, 5.41) is 10.4. The van der Waals surface area contributed by atoms with Crippen LogP contribution in [0.4, 0.5) is 0 Å². The van der Waals surface area contributed by atoms with Gasteiger partial charge in [-0.3, -0.25) is 0 Å². The third kappa shape index (κ3) is 1.02. The number of hydrogen-bond acceptors (Lipinski definition) is 2. The van der Waals surface area contributed by atoms with Crippen LogP contribution >= 0.6 is 0 Å². The molecule has 1 N–H and O–H groups in total. The molecule has 5 atom stereocenters. The molecule has 2 aliphatic carbocycles. The van der Waals surface area contributed by atoms with Crippen LogP contribution in [0.5, 0.6) is 0 Å². The number of hydrogen-bond donors (Lipinski definition) is 1. The number of ether oxygens (including phenoxy) is 1. The van der Waals surface area contributed by atoms with Crippen molar-refractivity contribution in [2.45, 2.75) is 56.8 Å². The predicted molar refractivity (Wildman–Crippen MR) is 49.3 cm³/mol. The molecular weight excluding hydrogens is 164 g/mol. The molecule has 0 radical (unpaired) electrons. The van der Waals surface area contributed by atoms with E-state index >= 15 is 0 Å². The van der Waals surface area contributed by atoms with Crippen molar-refractivity contribution in [3.8, 4) is 0 Å². The second-order valence-corrected chi connectivity index (χ2v) is 5.08. The first-order chi connectivity index (χ1) is 6.24. The first-order valence-corrected chi connectivity index (χ1v) is 5.62. The zero-order chi connectivity index (χ0) is 9.05. The number of rotatable bonds is 3. The van der Waals surface area contributed by atoms with E-state index in [4.69, 9.17) is 4.74 Å². The van der Waals surface area contributed by atoms with E-state index in [1.54, 1.807) is 0 Å². The van der Waals surface area contributed by atoms with Crippen LogP contribution in [-0.4, -0.2) is 22.9 Å². The quantitative estimate of drug-likeness (QED) is 0.674. The van der Waals surface area contributed by atoms with E-state index in [0.717, 1.165) is 19.3 Å². The van der Waals surface area contributed by atoms with Gasteiger partial charge in [0.2, 0.25) is 0 Å². The van der Waals surface area contributed by atoms with Gasteiger partial charge in [-0.15, -0.1) is 0 Å². The van der Waals surface area contributed by atoms with Crippen molar-refractivity contribution in [2.75, 3.05) is 0 Å². The molecule has 1 heterocycles. The normalized spacial score (nSPS) is 56.8. The van der Waals surface area contributed by atoms with Gasteiger partial charge in [-0.2, -0.15) is 0 Å². The minimum atomic E-state index is -0.349. The van der Waals surface area contributed by atoms with Gasteiger partial charge in [-0.25, -0.2) is 0 Å². The molecule has 3 fully saturated rings. The number of fused-ring (bicyclic) bond motifs is 5. The molecule has 5 unspecified atom stereocenters. The number of unbranched alkanes of at least 4 members (excludes halogenated alkanes) is 1. The Balaban J connectivity index is 1.71. The Bertz CT molecular complexity index is 228. The lowest BCUT2D eigenvalue weighted by Gasteiger charge is -2.30. The van der Waals surface area contributed by atoms with Crippen LogP contribution in [0.2, 0.25) is 0 Å². The van der Waals surface area contributed by atoms with Crippen LogP contribution in [0.25, 0.3) is 0 Å². The summed E-state index contributed by atoms with van der Waals surface area (Å²) in [5.74, 6) is 1.17. The molecule has 2 nitrogen and oxygen atoms in total. The van der Waals surface area contributed by atoms with Crippen LogP contribution in [0.3, 0.4) is 0 Å². The lowest BCUT2D eigenvalue weighted by Crippen LogP contribution is -2.38. The van der Waals surface area contributed by atoms with Gasteiger partial charge in [0.15, 0.2) is 0 Å². The molecular formula is C11H18O2. The van der Waals surface area contributed by atoms with Crippen LogP contribution in [0.15, 0.2) is 0 Å². The standard InChI is InChI=1S/C11H18O2/c1-2-3-4-11(12)6-7-5-8(11)10-9(7)13-10/h7-10,12H,2-6H2,1H3. The van der Waals surface area contributed by atoms with Crippen LogP contribution in [0, 0.1) is 11.8 Å². The van der Waals surface area contributed by atoms with Gasteiger partial charge in [0.25, 0.3) is 0 Å². The SMILES string of the molecule is CCCCC1(O)CC2CC1C1OC21. The van der Waals surface area contributed by atoms with Crippen LogP contribution in [-0.2, 0) is 4.74 Å². The third-order valence-corrected chi connectivity index (χ3v) is 4.25. The second-order valence-electron chi connectivity index (χ2n) is 5.08. The third-order valence-electron chi connectivity index (χ3n) is 4.25. The first-order valence-electron chi connectivity index (χ1n) is 5.62. The molecule has 0 amide bonds. The van der Waals surface area contributed by atoms with Gasteiger partial charge in [-0.05, 0) is 25.2 Å². The smallest absolute Gasteiger partial charge is 0.0900 e. The summed E-state index contributed by atoms with van der Waals surface area (Å²) in [6.45, 7) is 2.19. The fourth-order valence-corrected chi connectivity index (χ4v) is 3.53. The Hall–Kier alpha value is -0.0800. The molecule has 2 saturated carbocycles. The first kappa shape index (κ1) is 8.25. The average molecular weight is 182 g/mol. The van der Waals surface area contributed by atoms with Gasteiger partial charge in [0.1, 0.15) is 0 Å². The second kappa shape index (κ2) is 2.48. The van der Waals surface area contributed by atoms with Crippen LogP contribution < -0.4 is 0 Å². The molecule has 2 heteroatoms. The fourth-order valence-electron chi connectivity index (χ4n) is 3.53. The summed E-state index contributed by atoms with van der Waals surface area (Å²) in [4.78, 5) is 0. The largest absolute Gasteiger partial charge is 0.389 e. The summed E-state index contributed by atoms with van der Waals surface area (Å²) >= 11 is 0. The van der Waals surface area contributed by atoms with Crippen molar-refractivity contribution in [2.24, 2.45) is 11.8 Å². The fraction of sp³-hybridized carbons (Fsp3) is 1.00. The molecule has 13 heavy (non-hydrogen) atoms. The number of epoxide rings is 1. The lowest BCUT2D eigenvalue weighted by molar-refractivity contribution is -0.0201. The summed E-state index contributed by atoms with van der Waals surface area (Å²) in [7, 11) is 0. The molecule has 1 aliphatic heterocycles. The Morgan fingerprint density at radius 2 is 2.31 bits per heavy atom. The highest BCUT2D eigenvalue weighted by Crippen LogP contribution is 2.61. The molecule has 0 spiro atoms. The zero-order valence-corrected chi connectivity index (χ0v) is 8.20. The maximum absolute atomic E-state index is 10.4. The van der Waals surface area contributed by atoms with E-state index in [0.29, 0.717) is 24.0 Å². The topological polar surface area (TPSA) is 32.8 Å². The summed E-state index contributed by atoms with van der Waals surface area (Å²) in [6.07, 6.45) is 6.59. The summed E-state index contributed by atoms with van der Waals surface area (Å²) in [5.41, 5.74) is -0.349. The Labute approximate surface area is 79.3 Å². The van der Waals surface area contributed by atoms with E-state index in [2.05, 4.69) is 6.92 Å². The highest BCUT2D eigenvalue weighted by Gasteiger charge is 2.67. The molecule has 3 aliphatic rings. The highest BCUT2D eigenvalue weighted by atomic mass is 16.6. The molecule has 74 valence electrons. The molecule has 1 saturated heterocycles. The monoisotopic (exact) mass is 182 g/mol. The van der Waals surface area contributed by atoms with Crippen molar-refractivity contribution < 1.29 is 9.84 Å². The lowest BCUT2D eigenvalue weighted by atomic mass is 9.81. The maximum atomic E-state index is 10.4. The zero-order valence-electron chi connectivity index (χ0n) is 8.20. The summed E-state index contributed by atoms with van der Waals surface area (Å²) in [6, 6.07) is 0. The molecule has 0 aromatic heterocycles. The van der Waals surface area contributed by atoms with Crippen molar-refractivity contribution in [3.63, 3.8) is 0 Å². The predicted octanol–water partition coefficient (Wildman–Crippen LogP) is 1.71. The Kier molecular flexibility index (Phi) is 1.58. The van der Waals surface area contributed by atoms with Gasteiger partial charge >= 0.3 is 0 Å². The van der Waals surface area contributed by atoms with Gasteiger partial charge in [0.05, 0.1) is 17.8 Å². The van der Waals surface area contributed by atoms with Crippen LogP contribution in [0.1, 0.15) is 39.0 Å². The minimum absolute atomic E-state index is 0.349. The number of aliphatic hydroxyl groups is 1. The van der Waals surface area contributed by atoms with Gasteiger partial charge in [-0.1, -0.05) is 19.8 Å².